The number of ether oxygens (including phenoxy) is 3. The number of hydrogen-bond donors (Lipinski definition) is 3. The van der Waals surface area contributed by atoms with Gasteiger partial charge in [0.1, 0.15) is 56.2 Å². The van der Waals surface area contributed by atoms with E-state index in [-0.39, 0.29) is 33.2 Å². The van der Waals surface area contributed by atoms with Crippen molar-refractivity contribution in [3.8, 4) is 5.75 Å². The molecule has 16 nitrogen and oxygen atoms in total. The highest BCUT2D eigenvalue weighted by Crippen LogP contribution is 2.42. The minimum absolute atomic E-state index is 0.0320. The van der Waals surface area contributed by atoms with Crippen LogP contribution in [0.15, 0.2) is 71.3 Å². The van der Waals surface area contributed by atoms with Gasteiger partial charge in [0.15, 0.2) is 23.6 Å². The van der Waals surface area contributed by atoms with Crippen LogP contribution in [0.1, 0.15) is 58.2 Å². The first-order valence-electron chi connectivity index (χ1n) is 19.5. The predicted molar refractivity (Wildman–Crippen MR) is 228 cm³/mol. The second-order valence-corrected chi connectivity index (χ2v) is 18.6. The number of fused-ring (bicyclic) bond motifs is 2. The molecule has 0 bridgehead atoms. The number of thiazole rings is 1. The van der Waals surface area contributed by atoms with Crippen molar-refractivity contribution in [2.45, 2.75) is 89.3 Å². The number of aryl methyl sites for hydroxylation is 1. The topological polar surface area (TPSA) is 179 Å². The molecule has 60 heavy (non-hydrogen) atoms. The second-order valence-electron chi connectivity index (χ2n) is 15.9. The van der Waals surface area contributed by atoms with E-state index in [1.165, 1.54) is 16.7 Å². The number of thioether (sulfide) groups is 1. The van der Waals surface area contributed by atoms with Crippen LogP contribution in [0.2, 0.25) is 4.34 Å². The van der Waals surface area contributed by atoms with Crippen LogP contribution in [-0.4, -0.2) is 93.1 Å². The standard InChI is InChI=1S/C41H47ClN8O8S2/c1-40(2,3)57-39(54)46-38-45-29(33(42)60-38)30(47-58-41(4)15-16-41)34(51)44-31-35(52)50-32(37(53)56-22-24-10-12-26(55-6)13-11-24)25(23-59-36(31)50)21-49-18-7-9-27-28(49)14-20-48(27)19-8-17-43-5/h7,9-14,18,20,31,36,43H,8,15-17,19,21-23H2,1-6H3,(H-,44,45,46,51,54)/p+1/b47-30+. The number of aromatic nitrogens is 3. The summed E-state index contributed by atoms with van der Waals surface area (Å²) in [5.41, 5.74) is 1.97. The molecule has 1 saturated carbocycles. The van der Waals surface area contributed by atoms with E-state index in [1.54, 1.807) is 52.1 Å². The van der Waals surface area contributed by atoms with Gasteiger partial charge in [-0.05, 0) is 84.3 Å². The second kappa shape index (κ2) is 17.8. The van der Waals surface area contributed by atoms with Gasteiger partial charge >= 0.3 is 12.1 Å². The van der Waals surface area contributed by atoms with Gasteiger partial charge in [0.2, 0.25) is 5.52 Å². The number of halogens is 1. The number of nitrogens with zero attached hydrogens (tertiary/aromatic N) is 5. The fourth-order valence-corrected chi connectivity index (χ4v) is 9.00. The molecule has 3 aliphatic rings. The lowest BCUT2D eigenvalue weighted by atomic mass is 10.0. The molecule has 19 heteroatoms. The number of carbonyl (C=O) groups is 4. The van der Waals surface area contributed by atoms with Gasteiger partial charge in [0.05, 0.1) is 7.11 Å². The molecular weight excluding hydrogens is 832 g/mol. The SMILES string of the molecule is CNCCCn1ccc2c1ccc[n+]2CC1=C(C(=O)OCc2ccc(OC)cc2)N2C(=O)C(NC(=O)/C(=N/OC3(C)CC3)c3nc(NC(=O)OC(C)(C)C)sc3Cl)C2SC1. The van der Waals surface area contributed by atoms with Gasteiger partial charge in [0.25, 0.3) is 11.8 Å². The Hall–Kier alpha value is -5.17. The number of methoxy groups -OCH3 is 1. The van der Waals surface area contributed by atoms with Crippen LogP contribution in [0.25, 0.3) is 11.0 Å². The number of amides is 3. The molecule has 318 valence electrons. The molecule has 2 atom stereocenters. The quantitative estimate of drug-likeness (QED) is 0.0329. The van der Waals surface area contributed by atoms with E-state index >= 15 is 0 Å². The van der Waals surface area contributed by atoms with Crippen molar-refractivity contribution in [3.63, 3.8) is 0 Å². The fourth-order valence-electron chi connectivity index (χ4n) is 6.63. The lowest BCUT2D eigenvalue weighted by molar-refractivity contribution is -0.663. The van der Waals surface area contributed by atoms with E-state index in [0.717, 1.165) is 60.3 Å². The predicted octanol–water partition coefficient (Wildman–Crippen LogP) is 5.37. The largest absolute Gasteiger partial charge is 0.497 e. The maximum atomic E-state index is 14.2. The molecular formula is C41H48ClN8O8S2+. The van der Waals surface area contributed by atoms with Crippen LogP contribution in [0.5, 0.6) is 5.75 Å². The first-order valence-corrected chi connectivity index (χ1v) is 21.7. The summed E-state index contributed by atoms with van der Waals surface area (Å²) in [6.45, 7) is 9.04. The molecule has 2 unspecified atom stereocenters. The molecule has 1 saturated heterocycles. The minimum atomic E-state index is -1.03. The zero-order valence-electron chi connectivity index (χ0n) is 34.2. The molecule has 2 aliphatic heterocycles. The Morgan fingerprint density at radius 1 is 1.13 bits per heavy atom. The van der Waals surface area contributed by atoms with Crippen molar-refractivity contribution >= 4 is 80.5 Å². The number of carbonyl (C=O) groups excluding carboxylic acids is 4. The van der Waals surface area contributed by atoms with E-state index in [1.807, 2.05) is 32.3 Å². The summed E-state index contributed by atoms with van der Waals surface area (Å²) in [7, 11) is 3.50. The van der Waals surface area contributed by atoms with E-state index in [4.69, 9.17) is 30.6 Å². The highest BCUT2D eigenvalue weighted by Gasteiger charge is 2.55. The van der Waals surface area contributed by atoms with Gasteiger partial charge < -0.3 is 34.2 Å². The van der Waals surface area contributed by atoms with E-state index in [0.29, 0.717) is 23.6 Å². The third-order valence-corrected chi connectivity index (χ3v) is 12.5. The number of esters is 1. The number of nitrogens with one attached hydrogen (secondary N) is 3. The summed E-state index contributed by atoms with van der Waals surface area (Å²) in [6, 6.07) is 12.2. The molecule has 4 aromatic rings. The normalized spacial score (nSPS) is 18.4. The zero-order chi connectivity index (χ0) is 42.8. The Morgan fingerprint density at radius 2 is 1.90 bits per heavy atom. The van der Waals surface area contributed by atoms with Crippen LogP contribution in [0.3, 0.4) is 0 Å². The molecule has 3 amide bonds. The Labute approximate surface area is 360 Å². The zero-order valence-corrected chi connectivity index (χ0v) is 36.6. The Balaban J connectivity index is 1.14. The van der Waals surface area contributed by atoms with Crippen molar-refractivity contribution in [2.24, 2.45) is 5.16 Å². The maximum absolute atomic E-state index is 14.2. The number of benzene rings is 1. The minimum Gasteiger partial charge on any atom is -0.497 e. The molecule has 3 aromatic heterocycles. The number of oxime groups is 1. The van der Waals surface area contributed by atoms with E-state index < -0.39 is 46.5 Å². The molecule has 2 fully saturated rings. The molecule has 0 radical (unpaired) electrons. The summed E-state index contributed by atoms with van der Waals surface area (Å²) >= 11 is 8.92. The molecule has 1 aromatic carbocycles. The molecule has 5 heterocycles. The highest BCUT2D eigenvalue weighted by atomic mass is 35.5. The third-order valence-electron chi connectivity index (χ3n) is 10.0. The summed E-state index contributed by atoms with van der Waals surface area (Å²) < 4.78 is 20.8. The monoisotopic (exact) mass is 879 g/mol. The van der Waals surface area contributed by atoms with Gasteiger partial charge in [-0.1, -0.05) is 40.2 Å². The Bertz CT molecular complexity index is 2350. The Kier molecular flexibility index (Phi) is 12.7. The third kappa shape index (κ3) is 9.72. The van der Waals surface area contributed by atoms with Crippen molar-refractivity contribution in [1.82, 2.24) is 25.1 Å². The van der Waals surface area contributed by atoms with Crippen LogP contribution in [0.4, 0.5) is 9.93 Å². The van der Waals surface area contributed by atoms with E-state index in [9.17, 15) is 19.2 Å². The summed E-state index contributed by atoms with van der Waals surface area (Å²) in [5.74, 6) is -0.887. The first-order chi connectivity index (χ1) is 28.7. The number of hydrogen-bond acceptors (Lipinski definition) is 13. The number of rotatable bonds is 16. The van der Waals surface area contributed by atoms with Crippen molar-refractivity contribution in [1.29, 1.82) is 0 Å². The van der Waals surface area contributed by atoms with E-state index in [2.05, 4.69) is 47.5 Å². The molecule has 7 rings (SSSR count). The molecule has 3 N–H and O–H groups in total. The first kappa shape index (κ1) is 42.9. The van der Waals surface area contributed by atoms with Crippen LogP contribution < -0.4 is 25.3 Å². The summed E-state index contributed by atoms with van der Waals surface area (Å²) in [4.78, 5) is 66.4. The van der Waals surface area contributed by atoms with Crippen molar-refractivity contribution < 1.29 is 42.8 Å². The average molecular weight is 880 g/mol. The average Bonchev–Trinajstić information content (AvgIpc) is 3.63. The lowest BCUT2D eigenvalue weighted by Crippen LogP contribution is -2.71. The summed E-state index contributed by atoms with van der Waals surface area (Å²) in [5, 5.41) is 12.2. The number of pyridine rings is 1. The number of β-lactam (4-membered cyclic amide) rings is 1. The maximum Gasteiger partial charge on any atom is 0.413 e. The van der Waals surface area contributed by atoms with Gasteiger partial charge in [-0.25, -0.2) is 14.6 Å². The van der Waals surface area contributed by atoms with Gasteiger partial charge in [0, 0.05) is 36.2 Å². The van der Waals surface area contributed by atoms with Crippen molar-refractivity contribution in [3.05, 3.63) is 81.7 Å². The summed E-state index contributed by atoms with van der Waals surface area (Å²) in [6.07, 6.45) is 5.68. The fraction of sp³-hybridized carbons (Fsp3) is 0.439. The highest BCUT2D eigenvalue weighted by molar-refractivity contribution is 8.00. The molecule has 0 spiro atoms. The van der Waals surface area contributed by atoms with Gasteiger partial charge in [-0.15, -0.1) is 11.8 Å². The van der Waals surface area contributed by atoms with Crippen molar-refractivity contribution in [2.75, 3.05) is 31.8 Å². The van der Waals surface area contributed by atoms with Crippen LogP contribution in [-0.2, 0) is 48.4 Å². The van der Waals surface area contributed by atoms with Gasteiger partial charge in [-0.3, -0.25) is 19.8 Å². The molecule has 1 aliphatic carbocycles. The Morgan fingerprint density at radius 3 is 2.60 bits per heavy atom. The van der Waals surface area contributed by atoms with Crippen LogP contribution in [0, 0.1) is 0 Å². The van der Waals surface area contributed by atoms with Gasteiger partial charge in [-0.2, -0.15) is 4.57 Å². The number of anilines is 1. The van der Waals surface area contributed by atoms with Crippen LogP contribution >= 0.6 is 34.7 Å². The smallest absolute Gasteiger partial charge is 0.413 e. The lowest BCUT2D eigenvalue weighted by Gasteiger charge is -2.49.